The third-order valence-corrected chi connectivity index (χ3v) is 4.93. The van der Waals surface area contributed by atoms with Crippen LogP contribution in [0.25, 0.3) is 0 Å². The second-order valence-corrected chi connectivity index (χ2v) is 7.00. The Kier molecular flexibility index (Phi) is 2.49. The molecule has 6 nitrogen and oxygen atoms in total. The van der Waals surface area contributed by atoms with Crippen LogP contribution in [0.15, 0.2) is 12.3 Å². The van der Waals surface area contributed by atoms with Gasteiger partial charge in [0.1, 0.15) is 6.04 Å². The van der Waals surface area contributed by atoms with Crippen molar-refractivity contribution in [2.24, 2.45) is 0 Å². The molecule has 0 aromatic carbocycles. The number of fused-ring (bicyclic) bond motifs is 3. The molecule has 1 fully saturated rings. The Morgan fingerprint density at radius 2 is 2.28 bits per heavy atom. The first-order chi connectivity index (χ1) is 8.46. The van der Waals surface area contributed by atoms with Crippen LogP contribution in [0.1, 0.15) is 0 Å². The lowest BCUT2D eigenvalue weighted by Crippen LogP contribution is -2.57. The fourth-order valence-electron chi connectivity index (χ4n) is 2.25. The summed E-state index contributed by atoms with van der Waals surface area (Å²) in [5.74, 6) is 0.136. The standard InChI is InChI=1S/C10H10ClN3O3S/c11-6-3-7-9(12-4-6)14-1-2-18(16,17)5-8(14)10(15)13-7/h3-4,8H,1-2,5H2,(H,13,15). The highest BCUT2D eigenvalue weighted by Gasteiger charge is 2.40. The Labute approximate surface area is 109 Å². The lowest BCUT2D eigenvalue weighted by Gasteiger charge is -2.39. The molecule has 1 saturated heterocycles. The minimum atomic E-state index is -3.15. The molecule has 2 aliphatic rings. The smallest absolute Gasteiger partial charge is 0.248 e. The van der Waals surface area contributed by atoms with Gasteiger partial charge in [-0.1, -0.05) is 11.6 Å². The zero-order valence-corrected chi connectivity index (χ0v) is 10.8. The van der Waals surface area contributed by atoms with Gasteiger partial charge in [0.05, 0.1) is 22.2 Å². The number of anilines is 2. The van der Waals surface area contributed by atoms with Crippen molar-refractivity contribution in [3.63, 3.8) is 0 Å². The van der Waals surface area contributed by atoms with Gasteiger partial charge < -0.3 is 10.2 Å². The molecule has 3 rings (SSSR count). The van der Waals surface area contributed by atoms with Gasteiger partial charge in [0, 0.05) is 12.7 Å². The second kappa shape index (κ2) is 3.83. The molecule has 1 N–H and O–H groups in total. The molecule has 18 heavy (non-hydrogen) atoms. The molecule has 0 saturated carbocycles. The number of sulfone groups is 1. The SMILES string of the molecule is O=C1Nc2cc(Cl)cnc2N2CCS(=O)(=O)CC12. The Morgan fingerprint density at radius 1 is 1.50 bits per heavy atom. The van der Waals surface area contributed by atoms with E-state index in [1.165, 1.54) is 6.20 Å². The molecule has 0 aliphatic carbocycles. The number of nitrogens with one attached hydrogen (secondary N) is 1. The minimum Gasteiger partial charge on any atom is -0.341 e. The first kappa shape index (κ1) is 11.7. The third kappa shape index (κ3) is 1.83. The van der Waals surface area contributed by atoms with E-state index in [1.54, 1.807) is 11.0 Å². The molecular formula is C10H10ClN3O3S. The van der Waals surface area contributed by atoms with Crippen LogP contribution >= 0.6 is 11.6 Å². The predicted octanol–water partition coefficient (Wildman–Crippen LogP) is 0.290. The highest BCUT2D eigenvalue weighted by molar-refractivity contribution is 7.91. The van der Waals surface area contributed by atoms with Crippen molar-refractivity contribution in [2.75, 3.05) is 28.3 Å². The van der Waals surface area contributed by atoms with Gasteiger partial charge in [0.25, 0.3) is 0 Å². The molecule has 1 unspecified atom stereocenters. The van der Waals surface area contributed by atoms with Gasteiger partial charge in [0.2, 0.25) is 5.91 Å². The van der Waals surface area contributed by atoms with Gasteiger partial charge in [-0.2, -0.15) is 0 Å². The zero-order valence-electron chi connectivity index (χ0n) is 9.26. The lowest BCUT2D eigenvalue weighted by molar-refractivity contribution is -0.117. The predicted molar refractivity (Wildman–Crippen MR) is 67.7 cm³/mol. The Bertz CT molecular complexity index is 631. The fraction of sp³-hybridized carbons (Fsp3) is 0.400. The van der Waals surface area contributed by atoms with E-state index < -0.39 is 15.9 Å². The summed E-state index contributed by atoms with van der Waals surface area (Å²) in [5, 5.41) is 3.07. The van der Waals surface area contributed by atoms with Gasteiger partial charge in [-0.3, -0.25) is 4.79 Å². The summed E-state index contributed by atoms with van der Waals surface area (Å²) in [6.07, 6.45) is 1.48. The Balaban J connectivity index is 2.06. The van der Waals surface area contributed by atoms with Gasteiger partial charge in [-0.05, 0) is 6.07 Å². The molecule has 0 radical (unpaired) electrons. The maximum absolute atomic E-state index is 11.9. The van der Waals surface area contributed by atoms with Gasteiger partial charge >= 0.3 is 0 Å². The maximum Gasteiger partial charge on any atom is 0.248 e. The van der Waals surface area contributed by atoms with Crippen LogP contribution in [0.4, 0.5) is 11.5 Å². The van der Waals surface area contributed by atoms with E-state index in [9.17, 15) is 13.2 Å². The van der Waals surface area contributed by atoms with E-state index in [2.05, 4.69) is 10.3 Å². The molecule has 0 bridgehead atoms. The first-order valence-electron chi connectivity index (χ1n) is 5.40. The topological polar surface area (TPSA) is 79.4 Å². The summed E-state index contributed by atoms with van der Waals surface area (Å²) in [6.45, 7) is 0.280. The monoisotopic (exact) mass is 287 g/mol. The summed E-state index contributed by atoms with van der Waals surface area (Å²) < 4.78 is 23.1. The van der Waals surface area contributed by atoms with Crippen molar-refractivity contribution < 1.29 is 13.2 Å². The molecule has 2 aliphatic heterocycles. The maximum atomic E-state index is 11.9. The lowest BCUT2D eigenvalue weighted by atomic mass is 10.1. The minimum absolute atomic E-state index is 0.0422. The number of carbonyl (C=O) groups is 1. The number of rotatable bonds is 0. The Hall–Kier alpha value is -1.34. The van der Waals surface area contributed by atoms with E-state index in [1.807, 2.05) is 0 Å². The normalized spacial score (nSPS) is 25.1. The molecule has 1 aromatic heterocycles. The third-order valence-electron chi connectivity index (χ3n) is 3.10. The molecule has 1 atom stereocenters. The summed E-state index contributed by atoms with van der Waals surface area (Å²) in [6, 6.07) is 0.922. The van der Waals surface area contributed by atoms with Gasteiger partial charge in [-0.15, -0.1) is 0 Å². The Morgan fingerprint density at radius 3 is 3.06 bits per heavy atom. The summed E-state index contributed by atoms with van der Waals surface area (Å²) in [7, 11) is -3.15. The molecular weight excluding hydrogens is 278 g/mol. The van der Waals surface area contributed by atoms with Crippen molar-refractivity contribution >= 4 is 38.9 Å². The van der Waals surface area contributed by atoms with Gasteiger partial charge in [0.15, 0.2) is 15.7 Å². The average molecular weight is 288 g/mol. The number of aromatic nitrogens is 1. The number of nitrogens with zero attached hydrogens (tertiary/aromatic N) is 2. The first-order valence-corrected chi connectivity index (χ1v) is 7.60. The van der Waals surface area contributed by atoms with Crippen LogP contribution in [0, 0.1) is 0 Å². The largest absolute Gasteiger partial charge is 0.341 e. The van der Waals surface area contributed by atoms with E-state index in [0.29, 0.717) is 16.5 Å². The molecule has 96 valence electrons. The number of carbonyl (C=O) groups excluding carboxylic acids is 1. The van der Waals surface area contributed by atoms with Gasteiger partial charge in [-0.25, -0.2) is 13.4 Å². The second-order valence-electron chi connectivity index (χ2n) is 4.34. The van der Waals surface area contributed by atoms with Crippen LogP contribution in [-0.4, -0.2) is 43.4 Å². The van der Waals surface area contributed by atoms with Crippen molar-refractivity contribution in [3.8, 4) is 0 Å². The van der Waals surface area contributed by atoms with Crippen LogP contribution in [0.2, 0.25) is 5.02 Å². The van der Waals surface area contributed by atoms with Crippen molar-refractivity contribution in [2.45, 2.75) is 6.04 Å². The molecule has 8 heteroatoms. The van der Waals surface area contributed by atoms with Crippen molar-refractivity contribution in [3.05, 3.63) is 17.3 Å². The summed E-state index contributed by atoms with van der Waals surface area (Å²) in [4.78, 5) is 17.8. The molecule has 0 spiro atoms. The van der Waals surface area contributed by atoms with E-state index >= 15 is 0 Å². The van der Waals surface area contributed by atoms with Crippen LogP contribution in [-0.2, 0) is 14.6 Å². The highest BCUT2D eigenvalue weighted by atomic mass is 35.5. The van der Waals surface area contributed by atoms with Crippen molar-refractivity contribution in [1.29, 1.82) is 0 Å². The number of pyridine rings is 1. The number of amides is 1. The quantitative estimate of drug-likeness (QED) is 0.742. The number of halogens is 1. The fourth-order valence-corrected chi connectivity index (χ4v) is 3.86. The average Bonchev–Trinajstić information content (AvgIpc) is 2.28. The molecule has 3 heterocycles. The highest BCUT2D eigenvalue weighted by Crippen LogP contribution is 2.33. The number of hydrogen-bond acceptors (Lipinski definition) is 5. The summed E-state index contributed by atoms with van der Waals surface area (Å²) in [5.41, 5.74) is 0.531. The zero-order chi connectivity index (χ0) is 12.9. The van der Waals surface area contributed by atoms with Crippen LogP contribution in [0.5, 0.6) is 0 Å². The van der Waals surface area contributed by atoms with Crippen LogP contribution in [0.3, 0.4) is 0 Å². The molecule has 1 amide bonds. The van der Waals surface area contributed by atoms with E-state index in [0.717, 1.165) is 0 Å². The van der Waals surface area contributed by atoms with E-state index in [-0.39, 0.29) is 24.0 Å². The van der Waals surface area contributed by atoms with E-state index in [4.69, 9.17) is 11.6 Å². The van der Waals surface area contributed by atoms with Crippen molar-refractivity contribution in [1.82, 2.24) is 4.98 Å². The number of hydrogen-bond donors (Lipinski definition) is 1. The summed E-state index contributed by atoms with van der Waals surface area (Å²) >= 11 is 5.82. The van der Waals surface area contributed by atoms with Crippen LogP contribution < -0.4 is 10.2 Å². The molecule has 1 aromatic rings.